The third-order valence-electron chi connectivity index (χ3n) is 3.59. The van der Waals surface area contributed by atoms with Crippen LogP contribution >= 0.6 is 11.3 Å². The van der Waals surface area contributed by atoms with Gasteiger partial charge in [0.15, 0.2) is 0 Å². The van der Waals surface area contributed by atoms with Gasteiger partial charge in [0.1, 0.15) is 0 Å². The van der Waals surface area contributed by atoms with Gasteiger partial charge in [0.2, 0.25) is 5.89 Å². The van der Waals surface area contributed by atoms with Gasteiger partial charge in [-0.25, -0.2) is 0 Å². The molecule has 3 aromatic rings. The molecule has 0 bridgehead atoms. The van der Waals surface area contributed by atoms with Gasteiger partial charge in [0.05, 0.1) is 23.1 Å². The Kier molecular flexibility index (Phi) is 5.36. The van der Waals surface area contributed by atoms with Gasteiger partial charge in [-0.2, -0.15) is 5.26 Å². The fraction of sp³-hybridized carbons (Fsp3) is 0.278. The van der Waals surface area contributed by atoms with E-state index in [1.54, 1.807) is 11.3 Å². The number of hydrogen-bond donors (Lipinski definition) is 0. The largest absolute Gasteiger partial charge is 0.419 e. The molecule has 2 heterocycles. The summed E-state index contributed by atoms with van der Waals surface area (Å²) in [6, 6.07) is 13.8. The third-order valence-corrected chi connectivity index (χ3v) is 4.44. The lowest BCUT2D eigenvalue weighted by Gasteiger charge is -2.19. The van der Waals surface area contributed by atoms with E-state index in [1.807, 2.05) is 41.8 Å². The molecule has 24 heavy (non-hydrogen) atoms. The predicted molar refractivity (Wildman–Crippen MR) is 93.2 cm³/mol. The summed E-state index contributed by atoms with van der Waals surface area (Å²) in [5.41, 5.74) is 1.85. The summed E-state index contributed by atoms with van der Waals surface area (Å²) in [6.07, 6.45) is 1.04. The van der Waals surface area contributed by atoms with Crippen molar-refractivity contribution in [1.82, 2.24) is 15.1 Å². The minimum atomic E-state index is 0.579. The van der Waals surface area contributed by atoms with Crippen molar-refractivity contribution in [2.45, 2.75) is 26.4 Å². The highest BCUT2D eigenvalue weighted by atomic mass is 32.1. The van der Waals surface area contributed by atoms with Gasteiger partial charge in [-0.1, -0.05) is 25.1 Å². The van der Waals surface area contributed by atoms with E-state index in [9.17, 15) is 0 Å². The lowest BCUT2D eigenvalue weighted by atomic mass is 10.1. The Morgan fingerprint density at radius 2 is 2.00 bits per heavy atom. The van der Waals surface area contributed by atoms with E-state index in [4.69, 9.17) is 9.68 Å². The maximum Gasteiger partial charge on any atom is 0.257 e. The molecule has 0 atom stereocenters. The number of thiophene rings is 1. The normalized spacial score (nSPS) is 10.9. The molecule has 0 spiro atoms. The van der Waals surface area contributed by atoms with Crippen molar-refractivity contribution in [3.05, 3.63) is 58.8 Å². The molecule has 2 aromatic heterocycles. The summed E-state index contributed by atoms with van der Waals surface area (Å²) in [5.74, 6) is 1.20. The van der Waals surface area contributed by atoms with Gasteiger partial charge in [-0.3, -0.25) is 4.90 Å². The Labute approximate surface area is 145 Å². The third kappa shape index (κ3) is 4.07. The molecule has 0 aliphatic rings. The summed E-state index contributed by atoms with van der Waals surface area (Å²) in [4.78, 5) is 3.26. The second-order valence-corrected chi connectivity index (χ2v) is 6.45. The molecule has 3 rings (SSSR count). The van der Waals surface area contributed by atoms with E-state index in [0.717, 1.165) is 24.4 Å². The molecular formula is C18H18N4OS. The summed E-state index contributed by atoms with van der Waals surface area (Å²) in [5, 5.41) is 19.2. The Bertz CT molecular complexity index is 802. The molecule has 1 aromatic carbocycles. The van der Waals surface area contributed by atoms with Crippen LogP contribution in [0.1, 0.15) is 30.4 Å². The van der Waals surface area contributed by atoms with Crippen LogP contribution in [0.4, 0.5) is 0 Å². The van der Waals surface area contributed by atoms with Crippen LogP contribution in [0.2, 0.25) is 0 Å². The molecule has 0 saturated heterocycles. The van der Waals surface area contributed by atoms with Gasteiger partial charge in [-0.15, -0.1) is 21.5 Å². The molecule has 0 amide bonds. The van der Waals surface area contributed by atoms with Crippen LogP contribution in [0.25, 0.3) is 10.8 Å². The fourth-order valence-corrected chi connectivity index (χ4v) is 3.13. The van der Waals surface area contributed by atoms with Crippen LogP contribution in [0, 0.1) is 11.3 Å². The molecule has 6 heteroatoms. The molecule has 0 fully saturated rings. The quantitative estimate of drug-likeness (QED) is 0.649. The van der Waals surface area contributed by atoms with Gasteiger partial charge in [0, 0.05) is 6.54 Å². The highest BCUT2D eigenvalue weighted by Gasteiger charge is 2.13. The molecular weight excluding hydrogens is 320 g/mol. The summed E-state index contributed by atoms with van der Waals surface area (Å²) < 4.78 is 5.78. The molecule has 0 aliphatic heterocycles. The zero-order valence-electron chi connectivity index (χ0n) is 13.5. The minimum Gasteiger partial charge on any atom is -0.419 e. The fourth-order valence-electron chi connectivity index (χ4n) is 2.48. The zero-order chi connectivity index (χ0) is 16.8. The number of nitrogens with zero attached hydrogens (tertiary/aromatic N) is 4. The van der Waals surface area contributed by atoms with Crippen molar-refractivity contribution in [1.29, 1.82) is 5.26 Å². The minimum absolute atomic E-state index is 0.579. The van der Waals surface area contributed by atoms with Crippen molar-refractivity contribution in [2.75, 3.05) is 6.54 Å². The van der Waals surface area contributed by atoms with Gasteiger partial charge in [-0.05, 0) is 42.1 Å². The topological polar surface area (TPSA) is 66.0 Å². The number of nitriles is 1. The lowest BCUT2D eigenvalue weighted by Crippen LogP contribution is -2.23. The van der Waals surface area contributed by atoms with Gasteiger partial charge < -0.3 is 4.42 Å². The number of benzene rings is 1. The average molecular weight is 338 g/mol. The first-order valence-corrected chi connectivity index (χ1v) is 8.74. The highest BCUT2D eigenvalue weighted by molar-refractivity contribution is 7.13. The standard InChI is InChI=1S/C18H18N4OS/c1-2-9-22(12-15-7-5-14(11-19)6-8-15)13-17-20-21-18(23-17)16-4-3-10-24-16/h3-8,10H,2,9,12-13H2,1H3. The predicted octanol–water partition coefficient (Wildman–Crippen LogP) is 4.08. The molecule has 0 saturated carbocycles. The first-order chi connectivity index (χ1) is 11.8. The Hall–Kier alpha value is -2.49. The van der Waals surface area contributed by atoms with Crippen molar-refractivity contribution < 1.29 is 4.42 Å². The van der Waals surface area contributed by atoms with Crippen LogP contribution in [0.3, 0.4) is 0 Å². The summed E-state index contributed by atoms with van der Waals surface area (Å²) in [6.45, 7) is 4.50. The lowest BCUT2D eigenvalue weighted by molar-refractivity contribution is 0.232. The zero-order valence-corrected chi connectivity index (χ0v) is 14.3. The first kappa shape index (κ1) is 16.4. The van der Waals surface area contributed by atoms with E-state index in [0.29, 0.717) is 23.9 Å². The van der Waals surface area contributed by atoms with Gasteiger partial charge >= 0.3 is 0 Å². The van der Waals surface area contributed by atoms with Crippen LogP contribution in [-0.4, -0.2) is 21.6 Å². The van der Waals surface area contributed by atoms with Crippen molar-refractivity contribution >= 4 is 11.3 Å². The Morgan fingerprint density at radius 3 is 2.67 bits per heavy atom. The summed E-state index contributed by atoms with van der Waals surface area (Å²) in [7, 11) is 0. The van der Waals surface area contributed by atoms with Crippen molar-refractivity contribution in [2.24, 2.45) is 0 Å². The first-order valence-electron chi connectivity index (χ1n) is 7.86. The van der Waals surface area contributed by atoms with E-state index < -0.39 is 0 Å². The monoisotopic (exact) mass is 338 g/mol. The van der Waals surface area contributed by atoms with E-state index in [2.05, 4.69) is 28.1 Å². The maximum atomic E-state index is 8.88. The Morgan fingerprint density at radius 1 is 1.17 bits per heavy atom. The van der Waals surface area contributed by atoms with Crippen LogP contribution in [0.5, 0.6) is 0 Å². The average Bonchev–Trinajstić information content (AvgIpc) is 3.27. The van der Waals surface area contributed by atoms with Crippen molar-refractivity contribution in [3.63, 3.8) is 0 Å². The highest BCUT2D eigenvalue weighted by Crippen LogP contribution is 2.23. The summed E-state index contributed by atoms with van der Waals surface area (Å²) >= 11 is 1.59. The number of rotatable bonds is 7. The SMILES string of the molecule is CCCN(Cc1ccc(C#N)cc1)Cc1nnc(-c2cccs2)o1. The molecule has 0 aliphatic carbocycles. The number of aromatic nitrogens is 2. The maximum absolute atomic E-state index is 8.88. The van der Waals surface area contributed by atoms with E-state index >= 15 is 0 Å². The van der Waals surface area contributed by atoms with Crippen molar-refractivity contribution in [3.8, 4) is 16.8 Å². The molecule has 0 N–H and O–H groups in total. The van der Waals surface area contributed by atoms with Crippen LogP contribution in [0.15, 0.2) is 46.2 Å². The van der Waals surface area contributed by atoms with Gasteiger partial charge in [0.25, 0.3) is 5.89 Å². The Balaban J connectivity index is 1.68. The molecule has 122 valence electrons. The second kappa shape index (κ2) is 7.86. The molecule has 0 unspecified atom stereocenters. The molecule has 0 radical (unpaired) electrons. The second-order valence-electron chi connectivity index (χ2n) is 5.50. The smallest absolute Gasteiger partial charge is 0.257 e. The van der Waals surface area contributed by atoms with E-state index in [1.165, 1.54) is 5.56 Å². The number of hydrogen-bond acceptors (Lipinski definition) is 6. The van der Waals surface area contributed by atoms with Crippen LogP contribution < -0.4 is 0 Å². The molecule has 5 nitrogen and oxygen atoms in total. The van der Waals surface area contributed by atoms with E-state index in [-0.39, 0.29) is 0 Å². The van der Waals surface area contributed by atoms with Crippen LogP contribution in [-0.2, 0) is 13.1 Å².